The average molecular weight is 204 g/mol. The van der Waals surface area contributed by atoms with Crippen molar-refractivity contribution in [3.63, 3.8) is 0 Å². The van der Waals surface area contributed by atoms with Crippen LogP contribution in [0, 0.1) is 11.3 Å². The number of nitrogens with one attached hydrogen (secondary N) is 1. The summed E-state index contributed by atoms with van der Waals surface area (Å²) in [5.41, 5.74) is 1.10. The number of carbonyl (C=O) groups excluding carboxylic acids is 1. The van der Waals surface area contributed by atoms with Gasteiger partial charge in [-0.2, -0.15) is 5.26 Å². The van der Waals surface area contributed by atoms with Gasteiger partial charge >= 0.3 is 6.09 Å². The van der Waals surface area contributed by atoms with E-state index in [0.29, 0.717) is 5.75 Å². The van der Waals surface area contributed by atoms with Gasteiger partial charge in [-0.1, -0.05) is 19.1 Å². The maximum Gasteiger partial charge on any atom is 0.413 e. The van der Waals surface area contributed by atoms with Gasteiger partial charge in [-0.15, -0.1) is 0 Å². The molecular formula is C11H12N2O2. The Kier molecular flexibility index (Phi) is 4.17. The van der Waals surface area contributed by atoms with E-state index in [4.69, 9.17) is 10.00 Å². The maximum atomic E-state index is 11.1. The first-order valence-electron chi connectivity index (χ1n) is 4.68. The Morgan fingerprint density at radius 3 is 3.07 bits per heavy atom. The van der Waals surface area contributed by atoms with Crippen LogP contribution in [-0.2, 0) is 6.42 Å². The third-order valence-corrected chi connectivity index (χ3v) is 1.83. The number of benzene rings is 1. The van der Waals surface area contributed by atoms with Crippen molar-refractivity contribution in [2.45, 2.75) is 13.3 Å². The van der Waals surface area contributed by atoms with Gasteiger partial charge in [0, 0.05) is 0 Å². The number of nitrogens with zero attached hydrogens (tertiary/aromatic N) is 1. The van der Waals surface area contributed by atoms with E-state index < -0.39 is 6.09 Å². The SMILES string of the molecule is CCc1cccc(OC(=O)NCC#N)c1. The molecule has 0 aliphatic heterocycles. The van der Waals surface area contributed by atoms with Crippen molar-refractivity contribution in [1.29, 1.82) is 5.26 Å². The lowest BCUT2D eigenvalue weighted by Gasteiger charge is -2.05. The summed E-state index contributed by atoms with van der Waals surface area (Å²) >= 11 is 0. The van der Waals surface area contributed by atoms with Crippen LogP contribution < -0.4 is 10.1 Å². The van der Waals surface area contributed by atoms with E-state index in [0.717, 1.165) is 12.0 Å². The number of aryl methyl sites for hydroxylation is 1. The third kappa shape index (κ3) is 3.69. The molecule has 4 heteroatoms. The predicted octanol–water partition coefficient (Wildman–Crippen LogP) is 1.86. The van der Waals surface area contributed by atoms with E-state index in [1.807, 2.05) is 19.1 Å². The Labute approximate surface area is 88.5 Å². The highest BCUT2D eigenvalue weighted by molar-refractivity contribution is 5.70. The summed E-state index contributed by atoms with van der Waals surface area (Å²) in [6.07, 6.45) is 0.279. The number of amides is 1. The maximum absolute atomic E-state index is 11.1. The average Bonchev–Trinajstić information content (AvgIpc) is 2.26. The van der Waals surface area contributed by atoms with Gasteiger partial charge in [-0.25, -0.2) is 4.79 Å². The summed E-state index contributed by atoms with van der Waals surface area (Å²) in [6, 6.07) is 9.08. The fraction of sp³-hybridized carbons (Fsp3) is 0.273. The second-order valence-corrected chi connectivity index (χ2v) is 2.90. The molecule has 1 amide bonds. The lowest BCUT2D eigenvalue weighted by Crippen LogP contribution is -2.26. The molecule has 0 unspecified atom stereocenters. The highest BCUT2D eigenvalue weighted by atomic mass is 16.5. The molecule has 1 aromatic carbocycles. The summed E-state index contributed by atoms with van der Waals surface area (Å²) in [4.78, 5) is 11.1. The van der Waals surface area contributed by atoms with E-state index in [9.17, 15) is 4.79 Å². The number of hydrogen-bond acceptors (Lipinski definition) is 3. The largest absolute Gasteiger partial charge is 0.413 e. The van der Waals surface area contributed by atoms with Crippen LogP contribution in [0.2, 0.25) is 0 Å². The van der Waals surface area contributed by atoms with Gasteiger partial charge in [0.05, 0.1) is 6.07 Å². The van der Waals surface area contributed by atoms with Gasteiger partial charge in [0.1, 0.15) is 12.3 Å². The quantitative estimate of drug-likeness (QED) is 0.764. The number of ether oxygens (including phenoxy) is 1. The zero-order valence-corrected chi connectivity index (χ0v) is 8.49. The standard InChI is InChI=1S/C11H12N2O2/c1-2-9-4-3-5-10(8-9)15-11(14)13-7-6-12/h3-5,8H,2,7H2,1H3,(H,13,14). The molecule has 0 aliphatic carbocycles. The molecule has 1 rings (SSSR count). The fourth-order valence-electron chi connectivity index (χ4n) is 1.08. The van der Waals surface area contributed by atoms with Crippen molar-refractivity contribution in [2.75, 3.05) is 6.54 Å². The summed E-state index contributed by atoms with van der Waals surface area (Å²) in [5.74, 6) is 0.491. The molecule has 0 fully saturated rings. The van der Waals surface area contributed by atoms with Gasteiger partial charge < -0.3 is 10.1 Å². The van der Waals surface area contributed by atoms with Gasteiger partial charge in [-0.05, 0) is 24.1 Å². The first kappa shape index (κ1) is 11.1. The molecule has 0 aromatic heterocycles. The number of carbonyl (C=O) groups is 1. The summed E-state index contributed by atoms with van der Waals surface area (Å²) in [6.45, 7) is 1.97. The van der Waals surface area contributed by atoms with E-state index in [2.05, 4.69) is 5.32 Å². The van der Waals surface area contributed by atoms with Gasteiger partial charge in [0.15, 0.2) is 0 Å². The van der Waals surface area contributed by atoms with Crippen molar-refractivity contribution in [1.82, 2.24) is 5.32 Å². The van der Waals surface area contributed by atoms with E-state index in [1.54, 1.807) is 18.2 Å². The molecule has 15 heavy (non-hydrogen) atoms. The van der Waals surface area contributed by atoms with Crippen LogP contribution in [-0.4, -0.2) is 12.6 Å². The van der Waals surface area contributed by atoms with Crippen LogP contribution in [0.4, 0.5) is 4.79 Å². The van der Waals surface area contributed by atoms with Crippen LogP contribution in [0.1, 0.15) is 12.5 Å². The van der Waals surface area contributed by atoms with Crippen LogP contribution >= 0.6 is 0 Å². The Morgan fingerprint density at radius 1 is 1.60 bits per heavy atom. The molecule has 0 atom stereocenters. The number of nitriles is 1. The molecule has 0 bridgehead atoms. The van der Waals surface area contributed by atoms with E-state index in [1.165, 1.54) is 0 Å². The highest BCUT2D eigenvalue weighted by Crippen LogP contribution is 2.13. The van der Waals surface area contributed by atoms with E-state index in [-0.39, 0.29) is 6.54 Å². The van der Waals surface area contributed by atoms with Crippen LogP contribution in [0.25, 0.3) is 0 Å². The first-order chi connectivity index (χ1) is 7.26. The molecular weight excluding hydrogens is 192 g/mol. The first-order valence-corrected chi connectivity index (χ1v) is 4.68. The van der Waals surface area contributed by atoms with Gasteiger partial charge in [0.25, 0.3) is 0 Å². The molecule has 1 aromatic rings. The van der Waals surface area contributed by atoms with Crippen molar-refractivity contribution in [3.05, 3.63) is 29.8 Å². The van der Waals surface area contributed by atoms with Crippen molar-refractivity contribution >= 4 is 6.09 Å². The molecule has 0 saturated carbocycles. The summed E-state index contributed by atoms with van der Waals surface area (Å²) < 4.78 is 4.96. The zero-order valence-electron chi connectivity index (χ0n) is 8.49. The molecule has 0 saturated heterocycles. The monoisotopic (exact) mass is 204 g/mol. The minimum atomic E-state index is -0.607. The molecule has 0 heterocycles. The van der Waals surface area contributed by atoms with E-state index >= 15 is 0 Å². The number of rotatable bonds is 3. The van der Waals surface area contributed by atoms with Crippen LogP contribution in [0.3, 0.4) is 0 Å². The minimum absolute atomic E-state index is 0.0493. The third-order valence-electron chi connectivity index (χ3n) is 1.83. The molecule has 0 radical (unpaired) electrons. The Hall–Kier alpha value is -2.02. The molecule has 0 aliphatic rings. The van der Waals surface area contributed by atoms with Crippen molar-refractivity contribution < 1.29 is 9.53 Å². The van der Waals surface area contributed by atoms with Crippen LogP contribution in [0.15, 0.2) is 24.3 Å². The van der Waals surface area contributed by atoms with Gasteiger partial charge in [0.2, 0.25) is 0 Å². The topological polar surface area (TPSA) is 62.1 Å². The highest BCUT2D eigenvalue weighted by Gasteiger charge is 2.02. The zero-order chi connectivity index (χ0) is 11.1. The lowest BCUT2D eigenvalue weighted by atomic mass is 10.2. The molecule has 4 nitrogen and oxygen atoms in total. The Balaban J connectivity index is 2.57. The lowest BCUT2D eigenvalue weighted by molar-refractivity contribution is 0.202. The van der Waals surface area contributed by atoms with Crippen molar-refractivity contribution in [3.8, 4) is 11.8 Å². The minimum Gasteiger partial charge on any atom is -0.410 e. The van der Waals surface area contributed by atoms with Crippen LogP contribution in [0.5, 0.6) is 5.75 Å². The molecule has 1 N–H and O–H groups in total. The van der Waals surface area contributed by atoms with Crippen molar-refractivity contribution in [2.24, 2.45) is 0 Å². The molecule has 78 valence electrons. The summed E-state index contributed by atoms with van der Waals surface area (Å²) in [7, 11) is 0. The predicted molar refractivity (Wildman–Crippen MR) is 55.5 cm³/mol. The summed E-state index contributed by atoms with van der Waals surface area (Å²) in [5, 5.41) is 10.5. The molecule has 0 spiro atoms. The normalized spacial score (nSPS) is 9.07. The fourth-order valence-corrected chi connectivity index (χ4v) is 1.08. The Bertz CT molecular complexity index is 382. The number of hydrogen-bond donors (Lipinski definition) is 1. The Morgan fingerprint density at radius 2 is 2.40 bits per heavy atom. The van der Waals surface area contributed by atoms with Gasteiger partial charge in [-0.3, -0.25) is 0 Å². The second-order valence-electron chi connectivity index (χ2n) is 2.90. The second kappa shape index (κ2) is 5.66. The smallest absolute Gasteiger partial charge is 0.410 e.